The van der Waals surface area contributed by atoms with Gasteiger partial charge in [0.15, 0.2) is 0 Å². The maximum absolute atomic E-state index is 12.0. The number of ether oxygens (including phenoxy) is 1. The minimum absolute atomic E-state index is 0.0476. The molecular weight excluding hydrogens is 234 g/mol. The van der Waals surface area contributed by atoms with Gasteiger partial charge in [-0.3, -0.25) is 4.68 Å². The molecule has 0 bridgehead atoms. The number of hydrogen-bond donors (Lipinski definition) is 1. The van der Waals surface area contributed by atoms with Gasteiger partial charge in [0, 0.05) is 12.7 Å². The number of aromatic nitrogens is 2. The standard InChI is InChI=1S/C12H19N3O3/c1-12(2,3)18-11(17)14-6-9-4-5-13-15(9)10(7-14)8-16/h4-5,10,16H,6-8H2,1-3H3/t10-/m0/s1. The lowest BCUT2D eigenvalue weighted by Crippen LogP contribution is -2.44. The van der Waals surface area contributed by atoms with E-state index in [2.05, 4.69) is 5.10 Å². The maximum Gasteiger partial charge on any atom is 0.410 e. The van der Waals surface area contributed by atoms with Crippen molar-refractivity contribution >= 4 is 6.09 Å². The van der Waals surface area contributed by atoms with E-state index in [1.54, 1.807) is 15.8 Å². The highest BCUT2D eigenvalue weighted by molar-refractivity contribution is 5.68. The van der Waals surface area contributed by atoms with Crippen LogP contribution < -0.4 is 0 Å². The highest BCUT2D eigenvalue weighted by atomic mass is 16.6. The summed E-state index contributed by atoms with van der Waals surface area (Å²) in [7, 11) is 0. The molecular formula is C12H19N3O3. The summed E-state index contributed by atoms with van der Waals surface area (Å²) in [5.41, 5.74) is 0.398. The second-order valence-corrected chi connectivity index (χ2v) is 5.46. The van der Waals surface area contributed by atoms with Gasteiger partial charge in [-0.2, -0.15) is 5.10 Å². The Labute approximate surface area is 106 Å². The van der Waals surface area contributed by atoms with Gasteiger partial charge in [-0.1, -0.05) is 0 Å². The van der Waals surface area contributed by atoms with Crippen LogP contribution in [-0.2, 0) is 11.3 Å². The number of amides is 1. The number of carbonyl (C=O) groups is 1. The van der Waals surface area contributed by atoms with Gasteiger partial charge in [-0.15, -0.1) is 0 Å². The summed E-state index contributed by atoms with van der Waals surface area (Å²) in [4.78, 5) is 13.6. The first-order chi connectivity index (χ1) is 8.40. The molecule has 0 aromatic carbocycles. The van der Waals surface area contributed by atoms with Crippen LogP contribution in [0.25, 0.3) is 0 Å². The predicted octanol–water partition coefficient (Wildman–Crippen LogP) is 1.17. The van der Waals surface area contributed by atoms with Crippen molar-refractivity contribution in [1.82, 2.24) is 14.7 Å². The molecule has 1 atom stereocenters. The Morgan fingerprint density at radius 3 is 2.94 bits per heavy atom. The minimum atomic E-state index is -0.510. The topological polar surface area (TPSA) is 67.6 Å². The van der Waals surface area contributed by atoms with Gasteiger partial charge in [0.05, 0.1) is 24.9 Å². The van der Waals surface area contributed by atoms with Crippen LogP contribution in [0.2, 0.25) is 0 Å². The molecule has 1 aromatic heterocycles. The third-order valence-corrected chi connectivity index (χ3v) is 2.74. The van der Waals surface area contributed by atoms with Crippen LogP contribution in [-0.4, -0.2) is 44.6 Å². The van der Waals surface area contributed by atoms with Gasteiger partial charge in [-0.05, 0) is 26.8 Å². The van der Waals surface area contributed by atoms with Crippen molar-refractivity contribution in [3.05, 3.63) is 18.0 Å². The number of aliphatic hydroxyl groups excluding tert-OH is 1. The molecule has 18 heavy (non-hydrogen) atoms. The molecule has 0 aliphatic carbocycles. The molecule has 1 N–H and O–H groups in total. The fourth-order valence-corrected chi connectivity index (χ4v) is 1.99. The zero-order chi connectivity index (χ0) is 13.3. The summed E-state index contributed by atoms with van der Waals surface area (Å²) < 4.78 is 7.10. The number of carbonyl (C=O) groups excluding carboxylic acids is 1. The Bertz CT molecular complexity index is 436. The molecule has 1 aromatic rings. The Kier molecular flexibility index (Phi) is 3.30. The van der Waals surface area contributed by atoms with Gasteiger partial charge in [0.1, 0.15) is 5.60 Å². The average molecular weight is 253 g/mol. The summed E-state index contributed by atoms with van der Waals surface area (Å²) in [5.74, 6) is 0. The van der Waals surface area contributed by atoms with Crippen LogP contribution in [0.3, 0.4) is 0 Å². The first-order valence-electron chi connectivity index (χ1n) is 6.02. The lowest BCUT2D eigenvalue weighted by Gasteiger charge is -2.34. The third-order valence-electron chi connectivity index (χ3n) is 2.74. The van der Waals surface area contributed by atoms with Crippen molar-refractivity contribution in [2.75, 3.05) is 13.2 Å². The van der Waals surface area contributed by atoms with Crippen LogP contribution in [0.1, 0.15) is 32.5 Å². The molecule has 0 spiro atoms. The second kappa shape index (κ2) is 4.61. The number of nitrogens with zero attached hydrogens (tertiary/aromatic N) is 3. The Morgan fingerprint density at radius 1 is 1.61 bits per heavy atom. The highest BCUT2D eigenvalue weighted by Crippen LogP contribution is 2.21. The number of aliphatic hydroxyl groups is 1. The number of rotatable bonds is 1. The van der Waals surface area contributed by atoms with Crippen molar-refractivity contribution in [2.45, 2.75) is 39.0 Å². The smallest absolute Gasteiger partial charge is 0.410 e. The molecule has 0 saturated carbocycles. The molecule has 1 aliphatic rings. The molecule has 0 fully saturated rings. The zero-order valence-corrected chi connectivity index (χ0v) is 11.0. The highest BCUT2D eigenvalue weighted by Gasteiger charge is 2.30. The van der Waals surface area contributed by atoms with Gasteiger partial charge >= 0.3 is 6.09 Å². The Hall–Kier alpha value is -1.56. The third kappa shape index (κ3) is 2.64. The van der Waals surface area contributed by atoms with E-state index in [1.165, 1.54) is 0 Å². The molecule has 2 heterocycles. The van der Waals surface area contributed by atoms with E-state index in [-0.39, 0.29) is 18.7 Å². The minimum Gasteiger partial charge on any atom is -0.444 e. The van der Waals surface area contributed by atoms with Gasteiger partial charge in [0.25, 0.3) is 0 Å². The van der Waals surface area contributed by atoms with Gasteiger partial charge in [-0.25, -0.2) is 4.79 Å². The van der Waals surface area contributed by atoms with Crippen molar-refractivity contribution in [3.63, 3.8) is 0 Å². The first-order valence-corrected chi connectivity index (χ1v) is 6.02. The van der Waals surface area contributed by atoms with E-state index >= 15 is 0 Å². The van der Waals surface area contributed by atoms with Gasteiger partial charge in [0.2, 0.25) is 0 Å². The molecule has 1 amide bonds. The van der Waals surface area contributed by atoms with E-state index < -0.39 is 5.60 Å². The summed E-state index contributed by atoms with van der Waals surface area (Å²) in [5, 5.41) is 13.5. The van der Waals surface area contributed by atoms with Crippen molar-refractivity contribution in [3.8, 4) is 0 Å². The molecule has 2 rings (SSSR count). The van der Waals surface area contributed by atoms with Crippen LogP contribution in [0.4, 0.5) is 4.79 Å². The summed E-state index contributed by atoms with van der Waals surface area (Å²) in [6.45, 7) is 6.34. The quantitative estimate of drug-likeness (QED) is 0.815. The fraction of sp³-hybridized carbons (Fsp3) is 0.667. The van der Waals surface area contributed by atoms with E-state index in [4.69, 9.17) is 4.74 Å². The van der Waals surface area contributed by atoms with Crippen molar-refractivity contribution in [1.29, 1.82) is 0 Å². The summed E-state index contributed by atoms with van der Waals surface area (Å²) in [6, 6.07) is 1.65. The number of fused-ring (bicyclic) bond motifs is 1. The van der Waals surface area contributed by atoms with Crippen LogP contribution >= 0.6 is 0 Å². The SMILES string of the molecule is CC(C)(C)OC(=O)N1Cc2ccnn2[C@H](CO)C1. The van der Waals surface area contributed by atoms with Crippen molar-refractivity contribution in [2.24, 2.45) is 0 Å². The molecule has 0 radical (unpaired) electrons. The average Bonchev–Trinajstić information content (AvgIpc) is 2.73. The summed E-state index contributed by atoms with van der Waals surface area (Å²) >= 11 is 0. The molecule has 100 valence electrons. The zero-order valence-electron chi connectivity index (χ0n) is 11.0. The van der Waals surface area contributed by atoms with Crippen LogP contribution in [0.15, 0.2) is 12.3 Å². The lowest BCUT2D eigenvalue weighted by atomic mass is 10.2. The van der Waals surface area contributed by atoms with Crippen LogP contribution in [0.5, 0.6) is 0 Å². The van der Waals surface area contributed by atoms with Gasteiger partial charge < -0.3 is 14.7 Å². The first kappa shape index (κ1) is 12.9. The van der Waals surface area contributed by atoms with E-state index in [0.29, 0.717) is 13.1 Å². The largest absolute Gasteiger partial charge is 0.444 e. The molecule has 6 heteroatoms. The van der Waals surface area contributed by atoms with E-state index in [0.717, 1.165) is 5.69 Å². The summed E-state index contributed by atoms with van der Waals surface area (Å²) in [6.07, 6.45) is 1.32. The molecule has 6 nitrogen and oxygen atoms in total. The molecule has 0 unspecified atom stereocenters. The normalized spacial score (nSPS) is 19.6. The van der Waals surface area contributed by atoms with E-state index in [9.17, 15) is 9.90 Å². The Balaban J connectivity index is 2.12. The molecule has 0 saturated heterocycles. The monoisotopic (exact) mass is 253 g/mol. The van der Waals surface area contributed by atoms with Crippen LogP contribution in [0, 0.1) is 0 Å². The van der Waals surface area contributed by atoms with Crippen molar-refractivity contribution < 1.29 is 14.6 Å². The lowest BCUT2D eigenvalue weighted by molar-refractivity contribution is 0.0129. The predicted molar refractivity (Wildman–Crippen MR) is 65.0 cm³/mol. The molecule has 1 aliphatic heterocycles. The fourth-order valence-electron chi connectivity index (χ4n) is 1.99. The van der Waals surface area contributed by atoms with E-state index in [1.807, 2.05) is 26.8 Å². The maximum atomic E-state index is 12.0. The second-order valence-electron chi connectivity index (χ2n) is 5.46. The Morgan fingerprint density at radius 2 is 2.33 bits per heavy atom. The number of hydrogen-bond acceptors (Lipinski definition) is 4.